The number of fused-ring (bicyclic) bond motifs is 1. The fourth-order valence-electron chi connectivity index (χ4n) is 3.48. The van der Waals surface area contributed by atoms with E-state index in [0.29, 0.717) is 25.2 Å². The van der Waals surface area contributed by atoms with Crippen molar-refractivity contribution in [3.63, 3.8) is 0 Å². The maximum absolute atomic E-state index is 12.9. The van der Waals surface area contributed by atoms with E-state index in [1.54, 1.807) is 11.1 Å². The number of rotatable bonds is 7. The number of benzene rings is 1. The first-order valence-electron chi connectivity index (χ1n) is 9.17. The third-order valence-corrected chi connectivity index (χ3v) is 5.21. The van der Waals surface area contributed by atoms with Gasteiger partial charge in [-0.2, -0.15) is 0 Å². The van der Waals surface area contributed by atoms with Gasteiger partial charge in [-0.25, -0.2) is 4.98 Å². The monoisotopic (exact) mass is 354 g/mol. The summed E-state index contributed by atoms with van der Waals surface area (Å²) in [6.07, 6.45) is 4.48. The molecule has 1 aliphatic rings. The summed E-state index contributed by atoms with van der Waals surface area (Å²) in [5.41, 5.74) is 1.70. The third-order valence-electron chi connectivity index (χ3n) is 5.21. The summed E-state index contributed by atoms with van der Waals surface area (Å²) in [4.78, 5) is 31.6. The van der Waals surface area contributed by atoms with Gasteiger partial charge in [-0.15, -0.1) is 0 Å². The van der Waals surface area contributed by atoms with Gasteiger partial charge in [-0.05, 0) is 24.5 Å². The highest BCUT2D eigenvalue weighted by atomic mass is 16.2. The highest BCUT2D eigenvalue weighted by molar-refractivity contribution is 6.01. The van der Waals surface area contributed by atoms with Crippen molar-refractivity contribution in [2.75, 3.05) is 6.54 Å². The van der Waals surface area contributed by atoms with E-state index in [-0.39, 0.29) is 17.7 Å². The maximum atomic E-state index is 12.9. The zero-order valence-corrected chi connectivity index (χ0v) is 15.6. The van der Waals surface area contributed by atoms with Crippen molar-refractivity contribution in [1.29, 1.82) is 0 Å². The van der Waals surface area contributed by atoms with E-state index in [1.807, 2.05) is 55.8 Å². The van der Waals surface area contributed by atoms with Gasteiger partial charge in [0.1, 0.15) is 11.9 Å². The topological polar surface area (TPSA) is 67.2 Å². The molecule has 6 nitrogen and oxygen atoms in total. The molecule has 0 spiro atoms. The smallest absolute Gasteiger partial charge is 0.255 e. The summed E-state index contributed by atoms with van der Waals surface area (Å²) in [6.45, 7) is 7.69. The Morgan fingerprint density at radius 3 is 2.77 bits per heavy atom. The number of carbonyl (C=O) groups is 2. The van der Waals surface area contributed by atoms with Gasteiger partial charge < -0.3 is 14.8 Å². The summed E-state index contributed by atoms with van der Waals surface area (Å²) >= 11 is 0. The fourth-order valence-corrected chi connectivity index (χ4v) is 3.48. The second-order valence-electron chi connectivity index (χ2n) is 6.88. The lowest BCUT2D eigenvalue weighted by atomic mass is 9.96. The Morgan fingerprint density at radius 2 is 2.12 bits per heavy atom. The van der Waals surface area contributed by atoms with Crippen LogP contribution in [-0.4, -0.2) is 38.9 Å². The van der Waals surface area contributed by atoms with Gasteiger partial charge in [0.05, 0.1) is 0 Å². The SMILES string of the molecule is CC[C@@H](C)[C@H](C(=O)NCCn1ccnc1C)N1Cc2ccccc2C1=O. The Hall–Kier alpha value is -2.63. The number of imidazole rings is 1. The molecule has 3 rings (SSSR count). The van der Waals surface area contributed by atoms with Gasteiger partial charge >= 0.3 is 0 Å². The molecule has 1 aromatic carbocycles. The number of aromatic nitrogens is 2. The number of carbonyl (C=O) groups excluding carboxylic acids is 2. The lowest BCUT2D eigenvalue weighted by Crippen LogP contribution is -2.51. The second-order valence-corrected chi connectivity index (χ2v) is 6.88. The normalized spacial score (nSPS) is 15.7. The highest BCUT2D eigenvalue weighted by Crippen LogP contribution is 2.28. The fraction of sp³-hybridized carbons (Fsp3) is 0.450. The minimum Gasteiger partial charge on any atom is -0.353 e. The molecule has 0 aliphatic carbocycles. The van der Waals surface area contributed by atoms with Crippen molar-refractivity contribution in [3.8, 4) is 0 Å². The van der Waals surface area contributed by atoms with E-state index in [1.165, 1.54) is 0 Å². The Morgan fingerprint density at radius 1 is 1.35 bits per heavy atom. The molecule has 2 aromatic rings. The molecule has 0 bridgehead atoms. The second kappa shape index (κ2) is 7.72. The van der Waals surface area contributed by atoms with E-state index >= 15 is 0 Å². The number of aryl methyl sites for hydroxylation is 1. The van der Waals surface area contributed by atoms with Crippen LogP contribution < -0.4 is 5.32 Å². The summed E-state index contributed by atoms with van der Waals surface area (Å²) in [5, 5.41) is 3.01. The maximum Gasteiger partial charge on any atom is 0.255 e. The average Bonchev–Trinajstić information content (AvgIpc) is 3.19. The molecule has 0 unspecified atom stereocenters. The van der Waals surface area contributed by atoms with Crippen LogP contribution in [0.15, 0.2) is 36.7 Å². The first-order chi connectivity index (χ1) is 12.5. The van der Waals surface area contributed by atoms with Gasteiger partial charge in [0.15, 0.2) is 0 Å². The molecular formula is C20H26N4O2. The summed E-state index contributed by atoms with van der Waals surface area (Å²) in [5.74, 6) is 0.871. The van der Waals surface area contributed by atoms with Crippen LogP contribution in [-0.2, 0) is 17.9 Å². The number of hydrogen-bond donors (Lipinski definition) is 1. The van der Waals surface area contributed by atoms with Gasteiger partial charge in [-0.1, -0.05) is 38.5 Å². The molecule has 2 heterocycles. The standard InChI is InChI=1S/C20H26N4O2/c1-4-14(2)18(19(25)22-10-12-23-11-9-21-15(23)3)24-13-16-7-5-6-8-17(16)20(24)26/h5-9,11,14,18H,4,10,12-13H2,1-3H3,(H,22,25)/t14-,18-/m1/s1. The third kappa shape index (κ3) is 3.49. The predicted molar refractivity (Wildman–Crippen MR) is 99.5 cm³/mol. The molecule has 1 N–H and O–H groups in total. The Labute approximate surface area is 154 Å². The van der Waals surface area contributed by atoms with Gasteiger partial charge in [-0.3, -0.25) is 9.59 Å². The summed E-state index contributed by atoms with van der Waals surface area (Å²) < 4.78 is 2.00. The van der Waals surface area contributed by atoms with Crippen LogP contribution in [0.3, 0.4) is 0 Å². The molecule has 26 heavy (non-hydrogen) atoms. The van der Waals surface area contributed by atoms with Crippen molar-refractivity contribution in [2.24, 2.45) is 5.92 Å². The van der Waals surface area contributed by atoms with Crippen LogP contribution in [0.5, 0.6) is 0 Å². The number of nitrogens with zero attached hydrogens (tertiary/aromatic N) is 3. The van der Waals surface area contributed by atoms with Crippen LogP contribution in [0, 0.1) is 12.8 Å². The van der Waals surface area contributed by atoms with Crippen molar-refractivity contribution >= 4 is 11.8 Å². The molecule has 0 saturated heterocycles. The number of amides is 2. The minimum absolute atomic E-state index is 0.0495. The van der Waals surface area contributed by atoms with E-state index < -0.39 is 6.04 Å². The summed E-state index contributed by atoms with van der Waals surface area (Å²) in [7, 11) is 0. The molecule has 0 saturated carbocycles. The Kier molecular flexibility index (Phi) is 5.40. The molecule has 2 amide bonds. The van der Waals surface area contributed by atoms with Gasteiger partial charge in [0.25, 0.3) is 5.91 Å². The van der Waals surface area contributed by atoms with E-state index in [2.05, 4.69) is 10.3 Å². The molecule has 1 aromatic heterocycles. The number of hydrogen-bond acceptors (Lipinski definition) is 3. The van der Waals surface area contributed by atoms with Crippen molar-refractivity contribution in [3.05, 3.63) is 53.6 Å². The van der Waals surface area contributed by atoms with E-state index in [0.717, 1.165) is 17.8 Å². The molecule has 0 radical (unpaired) electrons. The zero-order chi connectivity index (χ0) is 18.7. The molecule has 6 heteroatoms. The van der Waals surface area contributed by atoms with Crippen LogP contribution >= 0.6 is 0 Å². The van der Waals surface area contributed by atoms with Gasteiger partial charge in [0.2, 0.25) is 5.91 Å². The summed E-state index contributed by atoms with van der Waals surface area (Å²) in [6, 6.07) is 7.14. The lowest BCUT2D eigenvalue weighted by molar-refractivity contribution is -0.127. The van der Waals surface area contributed by atoms with E-state index in [4.69, 9.17) is 0 Å². The van der Waals surface area contributed by atoms with Crippen molar-refractivity contribution < 1.29 is 9.59 Å². The Balaban J connectivity index is 1.69. The van der Waals surface area contributed by atoms with Gasteiger partial charge in [0, 0.05) is 37.6 Å². The van der Waals surface area contributed by atoms with E-state index in [9.17, 15) is 9.59 Å². The quantitative estimate of drug-likeness (QED) is 0.830. The molecule has 0 fully saturated rings. The molecule has 2 atom stereocenters. The van der Waals surface area contributed by atoms with Crippen molar-refractivity contribution in [2.45, 2.75) is 46.3 Å². The lowest BCUT2D eigenvalue weighted by Gasteiger charge is -2.31. The minimum atomic E-state index is -0.455. The van der Waals surface area contributed by atoms with Crippen LogP contribution in [0.25, 0.3) is 0 Å². The first kappa shape index (κ1) is 18.2. The average molecular weight is 354 g/mol. The van der Waals surface area contributed by atoms with Crippen LogP contribution in [0.1, 0.15) is 42.0 Å². The van der Waals surface area contributed by atoms with Crippen LogP contribution in [0.4, 0.5) is 0 Å². The molecule has 138 valence electrons. The predicted octanol–water partition coefficient (Wildman–Crippen LogP) is 2.38. The number of nitrogens with one attached hydrogen (secondary N) is 1. The largest absolute Gasteiger partial charge is 0.353 e. The zero-order valence-electron chi connectivity index (χ0n) is 15.6. The molecule has 1 aliphatic heterocycles. The van der Waals surface area contributed by atoms with Crippen molar-refractivity contribution in [1.82, 2.24) is 19.8 Å². The molecular weight excluding hydrogens is 328 g/mol. The van der Waals surface area contributed by atoms with Crippen LogP contribution in [0.2, 0.25) is 0 Å². The first-order valence-corrected chi connectivity index (χ1v) is 9.17. The highest BCUT2D eigenvalue weighted by Gasteiger charge is 2.38. The Bertz CT molecular complexity index is 799.